The summed E-state index contributed by atoms with van der Waals surface area (Å²) in [5.41, 5.74) is 0. The van der Waals surface area contributed by atoms with Gasteiger partial charge in [-0.05, 0) is 24.4 Å². The van der Waals surface area contributed by atoms with Crippen LogP contribution < -0.4 is 0 Å². The summed E-state index contributed by atoms with van der Waals surface area (Å²) < 4.78 is 5.82. The van der Waals surface area contributed by atoms with E-state index in [4.69, 9.17) is 4.65 Å². The van der Waals surface area contributed by atoms with Crippen molar-refractivity contribution in [2.75, 3.05) is 5.75 Å². The van der Waals surface area contributed by atoms with Gasteiger partial charge in [-0.1, -0.05) is 20.8 Å². The third-order valence-corrected chi connectivity index (χ3v) is 3.92. The fourth-order valence-corrected chi connectivity index (χ4v) is 2.52. The van der Waals surface area contributed by atoms with Gasteiger partial charge in [0.15, 0.2) is 0 Å². The maximum atomic E-state index is 5.82. The normalized spacial score (nSPS) is 33.0. The van der Waals surface area contributed by atoms with E-state index in [2.05, 4.69) is 27.7 Å². The second-order valence-corrected chi connectivity index (χ2v) is 4.90. The Morgan fingerprint density at radius 1 is 1.45 bits per heavy atom. The van der Waals surface area contributed by atoms with E-state index in [0.29, 0.717) is 18.1 Å². The highest BCUT2D eigenvalue weighted by Crippen LogP contribution is 2.31. The lowest BCUT2D eigenvalue weighted by Crippen LogP contribution is -2.35. The van der Waals surface area contributed by atoms with Crippen LogP contribution in [0.5, 0.6) is 0 Å². The molecule has 1 aliphatic rings. The first kappa shape index (κ1) is 9.46. The molecule has 1 fully saturated rings. The molecule has 1 rings (SSSR count). The Kier molecular flexibility index (Phi) is 3.32. The van der Waals surface area contributed by atoms with Gasteiger partial charge in [0.1, 0.15) is 0 Å². The quantitative estimate of drug-likeness (QED) is 0.562. The van der Waals surface area contributed by atoms with Crippen molar-refractivity contribution in [1.82, 2.24) is 0 Å². The maximum absolute atomic E-state index is 5.82. The van der Waals surface area contributed by atoms with Crippen LogP contribution in [0.3, 0.4) is 0 Å². The van der Waals surface area contributed by atoms with Crippen molar-refractivity contribution >= 4 is 17.8 Å². The summed E-state index contributed by atoms with van der Waals surface area (Å²) in [6.07, 6.45) is 0.879. The molecule has 0 aromatic rings. The van der Waals surface area contributed by atoms with Gasteiger partial charge in [0, 0.05) is 6.10 Å². The van der Waals surface area contributed by atoms with Crippen molar-refractivity contribution in [3.63, 3.8) is 0 Å². The van der Waals surface area contributed by atoms with Gasteiger partial charge in [0.05, 0.1) is 0 Å². The van der Waals surface area contributed by atoms with E-state index in [9.17, 15) is 0 Å². The monoisotopic (exact) mass is 172 g/mol. The van der Waals surface area contributed by atoms with Crippen LogP contribution in [0.4, 0.5) is 0 Å². The lowest BCUT2D eigenvalue weighted by molar-refractivity contribution is 0.170. The van der Waals surface area contributed by atoms with E-state index >= 15 is 0 Å². The van der Waals surface area contributed by atoms with Gasteiger partial charge in [-0.2, -0.15) is 11.6 Å². The summed E-state index contributed by atoms with van der Waals surface area (Å²) in [7, 11) is 0. The molecule has 1 heterocycles. The first-order valence-corrected chi connectivity index (χ1v) is 5.43. The highest BCUT2D eigenvalue weighted by molar-refractivity contribution is 8.25. The molecule has 0 radical (unpaired) electrons. The fraction of sp³-hybridized carbons (Fsp3) is 1.00. The average Bonchev–Trinajstić information content (AvgIpc) is 1.94. The van der Waals surface area contributed by atoms with Crippen LogP contribution in [0.25, 0.3) is 0 Å². The Morgan fingerprint density at radius 3 is 2.55 bits per heavy atom. The lowest BCUT2D eigenvalue weighted by atomic mass is 9.80. The zero-order valence-corrected chi connectivity index (χ0v) is 8.65. The molecule has 11 heavy (non-hydrogen) atoms. The Hall–Kier alpha value is 0.375. The summed E-state index contributed by atoms with van der Waals surface area (Å²) in [6.45, 7) is 8.88. The van der Waals surface area contributed by atoms with E-state index in [1.807, 2.05) is 11.6 Å². The average molecular weight is 172 g/mol. The zero-order chi connectivity index (χ0) is 8.43. The second-order valence-electron chi connectivity index (χ2n) is 3.76. The van der Waals surface area contributed by atoms with E-state index in [0.717, 1.165) is 5.92 Å². The van der Waals surface area contributed by atoms with E-state index in [1.54, 1.807) is 0 Å². The predicted molar refractivity (Wildman–Crippen MR) is 53.0 cm³/mol. The largest absolute Gasteiger partial charge is 0.423 e. The Bertz CT molecular complexity index is 129. The summed E-state index contributed by atoms with van der Waals surface area (Å²) >= 11 is 1.96. The van der Waals surface area contributed by atoms with Crippen molar-refractivity contribution in [2.45, 2.75) is 39.6 Å². The lowest BCUT2D eigenvalue weighted by Gasteiger charge is -2.32. The van der Waals surface area contributed by atoms with Crippen LogP contribution in [0.15, 0.2) is 0 Å². The molecule has 0 spiro atoms. The fourth-order valence-electron chi connectivity index (χ4n) is 1.12. The van der Waals surface area contributed by atoms with Gasteiger partial charge in [0.2, 0.25) is 0 Å². The smallest absolute Gasteiger partial charge is 0.364 e. The van der Waals surface area contributed by atoms with Crippen molar-refractivity contribution in [3.8, 4) is 0 Å². The van der Waals surface area contributed by atoms with Gasteiger partial charge in [0.25, 0.3) is 0 Å². The van der Waals surface area contributed by atoms with Gasteiger partial charge in [-0.3, -0.25) is 0 Å². The standard InChI is InChI=1S/C8H17BOS/c1-6(2)9-10-8(4)7(3)5-11-9/h6-8H,5H2,1-4H3. The van der Waals surface area contributed by atoms with Crippen molar-refractivity contribution < 1.29 is 4.65 Å². The molecular weight excluding hydrogens is 155 g/mol. The molecule has 1 nitrogen and oxygen atoms in total. The van der Waals surface area contributed by atoms with Gasteiger partial charge < -0.3 is 4.65 Å². The van der Waals surface area contributed by atoms with Crippen molar-refractivity contribution in [3.05, 3.63) is 0 Å². The predicted octanol–water partition coefficient (Wildman–Crippen LogP) is 2.67. The molecule has 0 aromatic heterocycles. The first-order chi connectivity index (χ1) is 5.11. The van der Waals surface area contributed by atoms with Gasteiger partial charge in [-0.25, -0.2) is 0 Å². The van der Waals surface area contributed by atoms with E-state index in [-0.39, 0.29) is 0 Å². The molecule has 0 N–H and O–H groups in total. The molecule has 64 valence electrons. The minimum atomic E-state index is 0.432. The molecular formula is C8H17BOS. The number of hydrogen-bond acceptors (Lipinski definition) is 2. The molecule has 1 saturated heterocycles. The van der Waals surface area contributed by atoms with Crippen molar-refractivity contribution in [2.24, 2.45) is 5.92 Å². The Labute approximate surface area is 74.3 Å². The van der Waals surface area contributed by atoms with Crippen molar-refractivity contribution in [1.29, 1.82) is 0 Å². The SMILES string of the molecule is CC(C)B1OC(C)C(C)CS1. The molecule has 0 amide bonds. The third-order valence-electron chi connectivity index (χ3n) is 2.22. The summed E-state index contributed by atoms with van der Waals surface area (Å²) in [5.74, 6) is 2.62. The van der Waals surface area contributed by atoms with Crippen LogP contribution in [-0.2, 0) is 4.65 Å². The van der Waals surface area contributed by atoms with Crippen LogP contribution >= 0.6 is 11.6 Å². The summed E-state index contributed by atoms with van der Waals surface area (Å²) in [6, 6.07) is 0. The molecule has 2 unspecified atom stereocenters. The van der Waals surface area contributed by atoms with Gasteiger partial charge >= 0.3 is 6.19 Å². The first-order valence-electron chi connectivity index (χ1n) is 4.38. The zero-order valence-electron chi connectivity index (χ0n) is 7.83. The van der Waals surface area contributed by atoms with Crippen LogP contribution in [0, 0.1) is 5.92 Å². The third kappa shape index (κ3) is 2.41. The van der Waals surface area contributed by atoms with E-state index < -0.39 is 0 Å². The van der Waals surface area contributed by atoms with Crippen LogP contribution in [0.1, 0.15) is 27.7 Å². The van der Waals surface area contributed by atoms with E-state index in [1.165, 1.54) is 5.75 Å². The molecule has 0 saturated carbocycles. The second kappa shape index (κ2) is 3.86. The molecule has 0 aromatic carbocycles. The van der Waals surface area contributed by atoms with Crippen LogP contribution in [-0.4, -0.2) is 18.1 Å². The summed E-state index contributed by atoms with van der Waals surface area (Å²) in [4.78, 5) is 0. The molecule has 1 aliphatic heterocycles. The molecule has 3 heteroatoms. The molecule has 0 bridgehead atoms. The van der Waals surface area contributed by atoms with Gasteiger partial charge in [-0.15, -0.1) is 0 Å². The molecule has 0 aliphatic carbocycles. The Morgan fingerprint density at radius 2 is 2.09 bits per heavy atom. The topological polar surface area (TPSA) is 9.23 Å². The minimum Gasteiger partial charge on any atom is -0.423 e. The highest BCUT2D eigenvalue weighted by Gasteiger charge is 2.31. The number of rotatable bonds is 1. The highest BCUT2D eigenvalue weighted by atomic mass is 32.2. The minimum absolute atomic E-state index is 0.432. The van der Waals surface area contributed by atoms with Crippen LogP contribution in [0.2, 0.25) is 5.82 Å². The molecule has 2 atom stereocenters. The number of hydrogen-bond donors (Lipinski definition) is 0. The Balaban J connectivity index is 2.40. The summed E-state index contributed by atoms with van der Waals surface area (Å²) in [5, 5.41) is 0. The maximum Gasteiger partial charge on any atom is 0.364 e.